The molecule has 18 heavy (non-hydrogen) atoms. The Hall–Kier alpha value is -0.740. The van der Waals surface area contributed by atoms with Crippen molar-refractivity contribution in [2.24, 2.45) is 10.9 Å². The summed E-state index contributed by atoms with van der Waals surface area (Å²) in [6.07, 6.45) is 2.20. The Labute approximate surface area is 107 Å². The molecule has 0 aromatic carbocycles. The number of carboxylic acid groups (broad SMARTS) is 1. The smallest absolute Gasteiger partial charge is 0.321 e. The third-order valence-corrected chi connectivity index (χ3v) is 3.99. The second-order valence-corrected chi connectivity index (χ2v) is 5.94. The van der Waals surface area contributed by atoms with Gasteiger partial charge in [-0.15, -0.1) is 0 Å². The van der Waals surface area contributed by atoms with Crippen LogP contribution in [0.3, 0.4) is 0 Å². The van der Waals surface area contributed by atoms with Gasteiger partial charge in [0, 0.05) is 19.6 Å². The maximum absolute atomic E-state index is 11.3. The molecule has 0 saturated carbocycles. The molecule has 1 aliphatic rings. The average molecular weight is 280 g/mol. The predicted molar refractivity (Wildman–Crippen MR) is 66.0 cm³/mol. The summed E-state index contributed by atoms with van der Waals surface area (Å²) in [5, 5.41) is 13.7. The highest BCUT2D eigenvalue weighted by atomic mass is 32.2. The van der Waals surface area contributed by atoms with Gasteiger partial charge in [0.25, 0.3) is 10.2 Å². The SMILES string of the molecule is NC(CN(CCN1CCCC1)S(N)(=O)=O)C(=O)O. The molecule has 1 aliphatic heterocycles. The van der Waals surface area contributed by atoms with Gasteiger partial charge in [0.1, 0.15) is 6.04 Å². The van der Waals surface area contributed by atoms with Crippen molar-refractivity contribution in [1.82, 2.24) is 9.21 Å². The standard InChI is InChI=1S/C9H20N4O4S/c10-8(9(14)15)7-13(18(11,16)17)6-5-12-3-1-2-4-12/h8H,1-7,10H2,(H,14,15)(H2,11,16,17). The minimum Gasteiger partial charge on any atom is -0.480 e. The van der Waals surface area contributed by atoms with Crippen LogP contribution in [0.15, 0.2) is 0 Å². The van der Waals surface area contributed by atoms with Crippen molar-refractivity contribution >= 4 is 16.2 Å². The van der Waals surface area contributed by atoms with Crippen molar-refractivity contribution < 1.29 is 18.3 Å². The predicted octanol–water partition coefficient (Wildman–Crippen LogP) is -2.00. The Morgan fingerprint density at radius 1 is 1.39 bits per heavy atom. The Kier molecular flexibility index (Phi) is 5.47. The van der Waals surface area contributed by atoms with Gasteiger partial charge in [-0.25, -0.2) is 5.14 Å². The molecule has 106 valence electrons. The Morgan fingerprint density at radius 3 is 2.39 bits per heavy atom. The molecule has 0 amide bonds. The lowest BCUT2D eigenvalue weighted by atomic mass is 10.3. The van der Waals surface area contributed by atoms with E-state index >= 15 is 0 Å². The van der Waals surface area contributed by atoms with E-state index < -0.39 is 22.2 Å². The van der Waals surface area contributed by atoms with E-state index in [2.05, 4.69) is 4.90 Å². The van der Waals surface area contributed by atoms with E-state index in [9.17, 15) is 13.2 Å². The number of rotatable bonds is 7. The molecule has 0 spiro atoms. The van der Waals surface area contributed by atoms with Crippen molar-refractivity contribution in [3.8, 4) is 0 Å². The van der Waals surface area contributed by atoms with Gasteiger partial charge in [0.2, 0.25) is 0 Å². The molecule has 1 saturated heterocycles. The molecule has 9 heteroatoms. The molecule has 0 bridgehead atoms. The van der Waals surface area contributed by atoms with Crippen LogP contribution in [0.1, 0.15) is 12.8 Å². The number of carbonyl (C=O) groups is 1. The fourth-order valence-corrected chi connectivity index (χ4v) is 2.58. The zero-order valence-electron chi connectivity index (χ0n) is 10.2. The number of carboxylic acids is 1. The van der Waals surface area contributed by atoms with Crippen molar-refractivity contribution in [3.63, 3.8) is 0 Å². The first-order valence-electron chi connectivity index (χ1n) is 5.79. The van der Waals surface area contributed by atoms with E-state index in [4.69, 9.17) is 16.0 Å². The molecule has 1 rings (SSSR count). The number of aliphatic carboxylic acids is 1. The van der Waals surface area contributed by atoms with Gasteiger partial charge in [0.15, 0.2) is 0 Å². The molecular formula is C9H20N4O4S. The summed E-state index contributed by atoms with van der Waals surface area (Å²) in [6, 6.07) is -1.26. The van der Waals surface area contributed by atoms with Crippen LogP contribution in [0.25, 0.3) is 0 Å². The second-order valence-electron chi connectivity index (χ2n) is 4.40. The van der Waals surface area contributed by atoms with Gasteiger partial charge < -0.3 is 15.7 Å². The first-order chi connectivity index (χ1) is 8.30. The van der Waals surface area contributed by atoms with Crippen LogP contribution in [0, 0.1) is 0 Å². The molecule has 5 N–H and O–H groups in total. The highest BCUT2D eigenvalue weighted by Crippen LogP contribution is 2.07. The summed E-state index contributed by atoms with van der Waals surface area (Å²) in [5.41, 5.74) is 5.32. The maximum atomic E-state index is 11.3. The van der Waals surface area contributed by atoms with E-state index in [1.165, 1.54) is 0 Å². The maximum Gasteiger partial charge on any atom is 0.321 e. The first kappa shape index (κ1) is 15.3. The van der Waals surface area contributed by atoms with Crippen molar-refractivity contribution in [2.45, 2.75) is 18.9 Å². The lowest BCUT2D eigenvalue weighted by Gasteiger charge is -2.24. The van der Waals surface area contributed by atoms with Gasteiger partial charge in [-0.1, -0.05) is 0 Å². The van der Waals surface area contributed by atoms with Gasteiger partial charge in [-0.3, -0.25) is 4.79 Å². The van der Waals surface area contributed by atoms with E-state index in [0.717, 1.165) is 30.2 Å². The second kappa shape index (κ2) is 6.43. The summed E-state index contributed by atoms with van der Waals surface area (Å²) in [5.74, 6) is -1.25. The molecule has 0 aromatic rings. The van der Waals surface area contributed by atoms with Crippen LogP contribution in [-0.2, 0) is 15.0 Å². The minimum atomic E-state index is -3.92. The van der Waals surface area contributed by atoms with Crippen LogP contribution in [-0.4, -0.2) is 67.5 Å². The lowest BCUT2D eigenvalue weighted by Crippen LogP contribution is -2.49. The zero-order chi connectivity index (χ0) is 13.8. The molecule has 8 nitrogen and oxygen atoms in total. The Bertz CT molecular complexity index is 380. The third-order valence-electron chi connectivity index (χ3n) is 2.94. The van der Waals surface area contributed by atoms with E-state index in [-0.39, 0.29) is 13.1 Å². The number of hydrogen-bond donors (Lipinski definition) is 3. The summed E-state index contributed by atoms with van der Waals surface area (Å²) < 4.78 is 23.6. The summed E-state index contributed by atoms with van der Waals surface area (Å²) >= 11 is 0. The fraction of sp³-hybridized carbons (Fsp3) is 0.889. The monoisotopic (exact) mass is 280 g/mol. The van der Waals surface area contributed by atoms with Crippen LogP contribution >= 0.6 is 0 Å². The zero-order valence-corrected chi connectivity index (χ0v) is 11.0. The third kappa shape index (κ3) is 4.86. The highest BCUT2D eigenvalue weighted by Gasteiger charge is 2.24. The quantitative estimate of drug-likeness (QED) is 0.494. The molecule has 1 atom stereocenters. The van der Waals surface area contributed by atoms with E-state index in [1.54, 1.807) is 0 Å². The first-order valence-corrected chi connectivity index (χ1v) is 7.29. The topological polar surface area (TPSA) is 130 Å². The fourth-order valence-electron chi connectivity index (χ4n) is 1.88. The highest BCUT2D eigenvalue weighted by molar-refractivity contribution is 7.86. The van der Waals surface area contributed by atoms with Gasteiger partial charge in [-0.2, -0.15) is 12.7 Å². The van der Waals surface area contributed by atoms with Crippen molar-refractivity contribution in [3.05, 3.63) is 0 Å². The van der Waals surface area contributed by atoms with Crippen molar-refractivity contribution in [2.75, 3.05) is 32.7 Å². The minimum absolute atomic E-state index is 0.166. The number of nitrogens with zero attached hydrogens (tertiary/aromatic N) is 2. The molecule has 1 heterocycles. The van der Waals surface area contributed by atoms with Crippen LogP contribution < -0.4 is 10.9 Å². The normalized spacial score (nSPS) is 19.3. The number of nitrogens with two attached hydrogens (primary N) is 2. The molecule has 0 aliphatic carbocycles. The molecule has 1 unspecified atom stereocenters. The molecule has 1 fully saturated rings. The van der Waals surface area contributed by atoms with Crippen LogP contribution in [0.5, 0.6) is 0 Å². The van der Waals surface area contributed by atoms with Gasteiger partial charge in [-0.05, 0) is 25.9 Å². The Balaban J connectivity index is 2.53. The Morgan fingerprint density at radius 2 is 1.94 bits per heavy atom. The molecule has 0 radical (unpaired) electrons. The number of likely N-dealkylation sites (tertiary alicyclic amines) is 1. The van der Waals surface area contributed by atoms with E-state index in [1.807, 2.05) is 0 Å². The number of hydrogen-bond acceptors (Lipinski definition) is 5. The molecular weight excluding hydrogens is 260 g/mol. The largest absolute Gasteiger partial charge is 0.480 e. The summed E-state index contributed by atoms with van der Waals surface area (Å²) in [6.45, 7) is 2.28. The van der Waals surface area contributed by atoms with Gasteiger partial charge in [0.05, 0.1) is 0 Å². The molecule has 0 aromatic heterocycles. The van der Waals surface area contributed by atoms with E-state index in [0.29, 0.717) is 6.54 Å². The van der Waals surface area contributed by atoms with Crippen LogP contribution in [0.4, 0.5) is 0 Å². The average Bonchev–Trinajstić information content (AvgIpc) is 2.74. The summed E-state index contributed by atoms with van der Waals surface area (Å²) in [4.78, 5) is 12.7. The van der Waals surface area contributed by atoms with Crippen molar-refractivity contribution in [1.29, 1.82) is 0 Å². The van der Waals surface area contributed by atoms with Crippen LogP contribution in [0.2, 0.25) is 0 Å². The summed E-state index contributed by atoms with van der Waals surface area (Å²) in [7, 11) is -3.92. The lowest BCUT2D eigenvalue weighted by molar-refractivity contribution is -0.138. The van der Waals surface area contributed by atoms with Gasteiger partial charge >= 0.3 is 5.97 Å².